The van der Waals surface area contributed by atoms with Crippen LogP contribution >= 0.6 is 0 Å². The van der Waals surface area contributed by atoms with Gasteiger partial charge in [-0.1, -0.05) is 54.6 Å². The molecule has 4 aromatic carbocycles. The topological polar surface area (TPSA) is 122 Å². The Morgan fingerprint density at radius 2 is 1.50 bits per heavy atom. The van der Waals surface area contributed by atoms with Crippen LogP contribution in [-0.2, 0) is 11.3 Å². The van der Waals surface area contributed by atoms with Crippen LogP contribution < -0.4 is 26.6 Å². The molecule has 1 aliphatic rings. The van der Waals surface area contributed by atoms with Gasteiger partial charge in [0.1, 0.15) is 12.3 Å². The number of nitrogens with one attached hydrogen (secondary N) is 1. The fourth-order valence-electron chi connectivity index (χ4n) is 5.38. The number of amides is 2. The van der Waals surface area contributed by atoms with Crippen LogP contribution in [0.15, 0.2) is 97.1 Å². The van der Waals surface area contributed by atoms with Gasteiger partial charge >= 0.3 is 0 Å². The van der Waals surface area contributed by atoms with Gasteiger partial charge in [0.05, 0.1) is 17.9 Å². The predicted octanol–water partition coefficient (Wildman–Crippen LogP) is 4.84. The van der Waals surface area contributed by atoms with E-state index in [-0.39, 0.29) is 18.4 Å². The Labute approximate surface area is 245 Å². The van der Waals surface area contributed by atoms with Crippen LogP contribution in [-0.4, -0.2) is 42.8 Å². The van der Waals surface area contributed by atoms with Crippen LogP contribution in [0.1, 0.15) is 40.1 Å². The summed E-state index contributed by atoms with van der Waals surface area (Å²) in [5.74, 6) is -0.499. The number of nitrogens with zero attached hydrogens (tertiary/aromatic N) is 2. The van der Waals surface area contributed by atoms with Crippen LogP contribution in [0.5, 0.6) is 0 Å². The minimum Gasteiger partial charge on any atom is -0.356 e. The number of fused-ring (bicyclic) bond motifs is 1. The summed E-state index contributed by atoms with van der Waals surface area (Å²) in [4.78, 5) is 42.8. The molecule has 42 heavy (non-hydrogen) atoms. The molecule has 8 heteroatoms. The van der Waals surface area contributed by atoms with Crippen molar-refractivity contribution in [1.29, 1.82) is 0 Å². The third kappa shape index (κ3) is 5.95. The van der Waals surface area contributed by atoms with E-state index in [9.17, 15) is 14.4 Å². The molecular formula is C34H35N5O3. The van der Waals surface area contributed by atoms with Gasteiger partial charge in [-0.25, -0.2) is 0 Å². The van der Waals surface area contributed by atoms with Crippen molar-refractivity contribution in [3.05, 3.63) is 114 Å². The molecule has 0 aromatic heterocycles. The summed E-state index contributed by atoms with van der Waals surface area (Å²) in [5, 5.41) is 2.95. The molecule has 0 bridgehead atoms. The van der Waals surface area contributed by atoms with E-state index in [1.165, 1.54) is 0 Å². The van der Waals surface area contributed by atoms with Crippen LogP contribution in [0, 0.1) is 0 Å². The summed E-state index contributed by atoms with van der Waals surface area (Å²) in [6.45, 7) is 4.85. The SMILES string of the molecule is CC(C)(N)CN1c2ccccc2N(C(=O)c2ccc(NC(=O)c3ccccc3-c3ccccc3CN)cc2)CC1C=O. The van der Waals surface area contributed by atoms with Crippen LogP contribution in [0.25, 0.3) is 11.1 Å². The number of nitrogens with two attached hydrogens (primary N) is 2. The molecule has 0 saturated heterocycles. The molecule has 0 saturated carbocycles. The first-order chi connectivity index (χ1) is 20.2. The van der Waals surface area contributed by atoms with Crippen molar-refractivity contribution in [2.45, 2.75) is 32.0 Å². The first-order valence-corrected chi connectivity index (χ1v) is 13.9. The summed E-state index contributed by atoms with van der Waals surface area (Å²) < 4.78 is 0. The Kier molecular flexibility index (Phi) is 8.20. The smallest absolute Gasteiger partial charge is 0.258 e. The number of hydrogen-bond acceptors (Lipinski definition) is 6. The van der Waals surface area contributed by atoms with Crippen LogP contribution in [0.3, 0.4) is 0 Å². The van der Waals surface area contributed by atoms with Crippen molar-refractivity contribution in [2.75, 3.05) is 28.2 Å². The second kappa shape index (κ2) is 12.0. The van der Waals surface area contributed by atoms with Crippen molar-refractivity contribution in [2.24, 2.45) is 11.5 Å². The maximum atomic E-state index is 13.7. The molecule has 4 aromatic rings. The Bertz CT molecular complexity index is 1610. The number of hydrogen-bond donors (Lipinski definition) is 3. The minimum atomic E-state index is -0.533. The van der Waals surface area contributed by atoms with Gasteiger partial charge in [0.2, 0.25) is 0 Å². The number of anilines is 3. The van der Waals surface area contributed by atoms with E-state index in [1.807, 2.05) is 85.5 Å². The first-order valence-electron chi connectivity index (χ1n) is 13.9. The van der Waals surface area contributed by atoms with Gasteiger partial charge in [-0.05, 0) is 73.0 Å². The Balaban J connectivity index is 1.37. The zero-order chi connectivity index (χ0) is 29.9. The third-order valence-corrected chi connectivity index (χ3v) is 7.32. The number of carbonyl (C=O) groups excluding carboxylic acids is 3. The van der Waals surface area contributed by atoms with Crippen LogP contribution in [0.2, 0.25) is 0 Å². The third-order valence-electron chi connectivity index (χ3n) is 7.32. The van der Waals surface area contributed by atoms with E-state index in [2.05, 4.69) is 5.32 Å². The molecule has 1 unspecified atom stereocenters. The van der Waals surface area contributed by atoms with Gasteiger partial charge in [0.15, 0.2) is 0 Å². The van der Waals surface area contributed by atoms with Crippen molar-refractivity contribution in [3.63, 3.8) is 0 Å². The molecule has 5 rings (SSSR count). The monoisotopic (exact) mass is 561 g/mol. The maximum Gasteiger partial charge on any atom is 0.258 e. The minimum absolute atomic E-state index is 0.203. The molecule has 0 fully saturated rings. The molecular weight excluding hydrogens is 526 g/mol. The van der Waals surface area contributed by atoms with E-state index in [4.69, 9.17) is 11.5 Å². The average Bonchev–Trinajstić information content (AvgIpc) is 3.00. The van der Waals surface area contributed by atoms with E-state index in [0.29, 0.717) is 29.9 Å². The van der Waals surface area contributed by atoms with Crippen LogP contribution in [0.4, 0.5) is 17.1 Å². The highest BCUT2D eigenvalue weighted by Gasteiger charge is 2.35. The van der Waals surface area contributed by atoms with E-state index in [0.717, 1.165) is 34.4 Å². The molecule has 5 N–H and O–H groups in total. The molecule has 2 amide bonds. The molecule has 0 spiro atoms. The summed E-state index contributed by atoms with van der Waals surface area (Å²) in [7, 11) is 0. The average molecular weight is 562 g/mol. The van der Waals surface area contributed by atoms with Gasteiger partial charge in [-0.2, -0.15) is 0 Å². The number of carbonyl (C=O) groups is 3. The molecule has 1 aliphatic heterocycles. The Morgan fingerprint density at radius 3 is 2.17 bits per heavy atom. The van der Waals surface area contributed by atoms with E-state index >= 15 is 0 Å². The Hall–Kier alpha value is -4.79. The standard InChI is InChI=1S/C34H35N5O3/c1-34(2,36)22-39-26(21-40)20-38(30-13-7-8-14-31(30)39)33(42)23-15-17-25(18-16-23)37-32(41)29-12-6-5-11-28(29)27-10-4-3-9-24(27)19-35/h3-18,21,26H,19-20,22,35-36H2,1-2H3,(H,37,41). The fourth-order valence-corrected chi connectivity index (χ4v) is 5.38. The highest BCUT2D eigenvalue weighted by molar-refractivity contribution is 6.11. The molecule has 214 valence electrons. The zero-order valence-electron chi connectivity index (χ0n) is 23.8. The van der Waals surface area contributed by atoms with Gasteiger partial charge in [0, 0.05) is 35.4 Å². The second-order valence-corrected chi connectivity index (χ2v) is 11.2. The highest BCUT2D eigenvalue weighted by atomic mass is 16.2. The normalized spacial score (nSPS) is 14.7. The molecule has 1 heterocycles. The molecule has 0 aliphatic carbocycles. The molecule has 0 radical (unpaired) electrons. The highest BCUT2D eigenvalue weighted by Crippen LogP contribution is 2.36. The fraction of sp³-hybridized carbons (Fsp3) is 0.206. The van der Waals surface area contributed by atoms with Gasteiger partial charge in [-0.3, -0.25) is 9.59 Å². The largest absolute Gasteiger partial charge is 0.356 e. The van der Waals surface area contributed by atoms with Gasteiger partial charge in [-0.15, -0.1) is 0 Å². The quantitative estimate of drug-likeness (QED) is 0.265. The number of rotatable bonds is 8. The lowest BCUT2D eigenvalue weighted by Crippen LogP contribution is -2.57. The number of para-hydroxylation sites is 2. The lowest BCUT2D eigenvalue weighted by Gasteiger charge is -2.44. The second-order valence-electron chi connectivity index (χ2n) is 11.2. The van der Waals surface area contributed by atoms with Gasteiger partial charge in [0.25, 0.3) is 11.8 Å². The van der Waals surface area contributed by atoms with Crippen molar-refractivity contribution >= 4 is 35.2 Å². The number of aldehydes is 1. The van der Waals surface area contributed by atoms with Crippen molar-refractivity contribution in [3.8, 4) is 11.1 Å². The summed E-state index contributed by atoms with van der Waals surface area (Å²) in [5.41, 5.74) is 17.4. The summed E-state index contributed by atoms with van der Waals surface area (Å²) in [6, 6.07) is 28.9. The van der Waals surface area contributed by atoms with E-state index in [1.54, 1.807) is 35.2 Å². The summed E-state index contributed by atoms with van der Waals surface area (Å²) in [6.07, 6.45) is 0.865. The first kappa shape index (κ1) is 28.7. The lowest BCUT2D eigenvalue weighted by atomic mass is 9.95. The van der Waals surface area contributed by atoms with Gasteiger partial charge < -0.3 is 31.4 Å². The zero-order valence-corrected chi connectivity index (χ0v) is 23.8. The van der Waals surface area contributed by atoms with Crippen molar-refractivity contribution in [1.82, 2.24) is 0 Å². The maximum absolute atomic E-state index is 13.7. The number of benzene rings is 4. The molecule has 8 nitrogen and oxygen atoms in total. The van der Waals surface area contributed by atoms with Crippen molar-refractivity contribution < 1.29 is 14.4 Å². The lowest BCUT2D eigenvalue weighted by molar-refractivity contribution is -0.108. The summed E-state index contributed by atoms with van der Waals surface area (Å²) >= 11 is 0. The molecule has 1 atom stereocenters. The Morgan fingerprint density at radius 1 is 0.881 bits per heavy atom. The van der Waals surface area contributed by atoms with E-state index < -0.39 is 11.6 Å². The predicted molar refractivity (Wildman–Crippen MR) is 168 cm³/mol.